The average molecular weight is 461 g/mol. The van der Waals surface area contributed by atoms with Gasteiger partial charge in [0.25, 0.3) is 5.91 Å². The minimum atomic E-state index is -4.79. The molecule has 2 aromatic rings. The average Bonchev–Trinajstić information content (AvgIpc) is 3.09. The number of nitrogens with one attached hydrogen (secondary N) is 1. The van der Waals surface area contributed by atoms with E-state index in [1.54, 1.807) is 0 Å². The number of aromatic hydroxyl groups is 1. The Balaban J connectivity index is 1.64. The molecular weight excluding hydrogens is 437 g/mol. The van der Waals surface area contributed by atoms with E-state index < -0.39 is 29.6 Å². The summed E-state index contributed by atoms with van der Waals surface area (Å²) < 4.78 is 74.2. The van der Waals surface area contributed by atoms with Gasteiger partial charge in [-0.15, -0.1) is 0 Å². The molecule has 32 heavy (non-hydrogen) atoms. The molecule has 11 heteroatoms. The predicted molar refractivity (Wildman–Crippen MR) is 104 cm³/mol. The highest BCUT2D eigenvalue weighted by Gasteiger charge is 2.41. The van der Waals surface area contributed by atoms with Crippen LogP contribution in [0.3, 0.4) is 0 Å². The first kappa shape index (κ1) is 22.8. The number of nitrogens with zero attached hydrogens (tertiary/aromatic N) is 2. The van der Waals surface area contributed by atoms with Crippen molar-refractivity contribution in [2.75, 3.05) is 13.2 Å². The molecule has 2 fully saturated rings. The van der Waals surface area contributed by atoms with Crippen molar-refractivity contribution in [1.29, 1.82) is 0 Å². The van der Waals surface area contributed by atoms with E-state index in [2.05, 4.69) is 10.3 Å². The molecule has 1 aliphatic heterocycles. The number of hydrogen-bond acceptors (Lipinski definition) is 4. The summed E-state index contributed by atoms with van der Waals surface area (Å²) in [5.41, 5.74) is -1.68. The van der Waals surface area contributed by atoms with Gasteiger partial charge in [0.15, 0.2) is 11.6 Å². The topological polar surface area (TPSA) is 75.9 Å². The zero-order chi connectivity index (χ0) is 23.1. The molecule has 0 bridgehead atoms. The second-order valence-corrected chi connectivity index (χ2v) is 8.56. The lowest BCUT2D eigenvalue weighted by Crippen LogP contribution is -2.38. The van der Waals surface area contributed by atoms with Gasteiger partial charge in [-0.1, -0.05) is 0 Å². The lowest BCUT2D eigenvalue weighted by Gasteiger charge is -2.28. The third-order valence-corrected chi connectivity index (χ3v) is 6.20. The van der Waals surface area contributed by atoms with Gasteiger partial charge < -0.3 is 15.2 Å². The highest BCUT2D eigenvalue weighted by molar-refractivity contribution is 5.95. The molecule has 2 aromatic heterocycles. The Bertz CT molecular complexity index is 989. The third-order valence-electron chi connectivity index (χ3n) is 6.20. The van der Waals surface area contributed by atoms with Crippen molar-refractivity contribution >= 4 is 11.6 Å². The number of carbonyl (C=O) groups excluding carboxylic acids is 1. The van der Waals surface area contributed by atoms with E-state index in [4.69, 9.17) is 4.74 Å². The lowest BCUT2D eigenvalue weighted by atomic mass is 9.83. The Hall–Kier alpha value is -2.43. The normalized spacial score (nSPS) is 20.5. The smallest absolute Gasteiger partial charge is 0.435 e. The van der Waals surface area contributed by atoms with Crippen LogP contribution >= 0.6 is 0 Å². The van der Waals surface area contributed by atoms with Crippen LogP contribution in [0.4, 0.5) is 22.0 Å². The number of alkyl halides is 5. The lowest BCUT2D eigenvalue weighted by molar-refractivity contribution is -0.141. The highest BCUT2D eigenvalue weighted by atomic mass is 19.4. The molecule has 0 atom stereocenters. The van der Waals surface area contributed by atoms with Crippen molar-refractivity contribution in [3.05, 3.63) is 29.1 Å². The van der Waals surface area contributed by atoms with E-state index in [1.165, 1.54) is 6.07 Å². The van der Waals surface area contributed by atoms with E-state index in [0.717, 1.165) is 10.5 Å². The number of carbonyl (C=O) groups is 1. The van der Waals surface area contributed by atoms with Crippen LogP contribution in [0, 0.1) is 5.92 Å². The van der Waals surface area contributed by atoms with Crippen LogP contribution in [-0.4, -0.2) is 45.6 Å². The van der Waals surface area contributed by atoms with E-state index in [9.17, 15) is 31.9 Å². The second kappa shape index (κ2) is 8.49. The van der Waals surface area contributed by atoms with Crippen molar-refractivity contribution < 1.29 is 36.6 Å². The predicted octanol–water partition coefficient (Wildman–Crippen LogP) is 4.34. The maximum absolute atomic E-state index is 13.7. The summed E-state index contributed by atoms with van der Waals surface area (Å²) in [4.78, 5) is 16.2. The molecule has 2 N–H and O–H groups in total. The van der Waals surface area contributed by atoms with Crippen LogP contribution in [0.1, 0.15) is 60.3 Å². The maximum atomic E-state index is 13.7. The number of aromatic nitrogens is 2. The fourth-order valence-electron chi connectivity index (χ4n) is 4.44. The minimum Gasteiger partial charge on any atom is -0.494 e. The second-order valence-electron chi connectivity index (χ2n) is 8.56. The molecule has 0 unspecified atom stereocenters. The fourth-order valence-corrected chi connectivity index (χ4v) is 4.44. The number of rotatable bonds is 4. The van der Waals surface area contributed by atoms with E-state index in [1.807, 2.05) is 0 Å². The molecule has 0 spiro atoms. The van der Waals surface area contributed by atoms with E-state index in [-0.39, 0.29) is 61.0 Å². The number of amides is 1. The quantitative estimate of drug-likeness (QED) is 0.665. The number of imidazole rings is 1. The molecule has 176 valence electrons. The zero-order valence-corrected chi connectivity index (χ0v) is 17.2. The van der Waals surface area contributed by atoms with Crippen LogP contribution in [-0.2, 0) is 17.3 Å². The summed E-state index contributed by atoms with van der Waals surface area (Å²) in [5, 5.41) is 13.3. The molecule has 6 nitrogen and oxygen atoms in total. The molecule has 1 saturated carbocycles. The molecule has 3 heterocycles. The number of pyridine rings is 1. The first-order valence-corrected chi connectivity index (χ1v) is 10.6. The first-order chi connectivity index (χ1) is 15.0. The Labute approximate surface area is 180 Å². The molecule has 1 amide bonds. The Morgan fingerprint density at radius 1 is 1.19 bits per heavy atom. The van der Waals surface area contributed by atoms with Gasteiger partial charge in [0.2, 0.25) is 5.92 Å². The van der Waals surface area contributed by atoms with Crippen LogP contribution in [0.25, 0.3) is 5.65 Å². The zero-order valence-electron chi connectivity index (χ0n) is 17.2. The molecule has 1 saturated heterocycles. The van der Waals surface area contributed by atoms with Gasteiger partial charge in [-0.05, 0) is 44.1 Å². The molecule has 1 aliphatic carbocycles. The standard InChI is InChI=1S/C21H24F5N3O3/c22-20(23)5-1-12(2-6-20)9-15-18(21(24,25)26)28-16-10-13(11-17(30)29(15)16)19(31)27-14-3-7-32-8-4-14/h10-12,14,30H,1-9H2,(H,27,31). The summed E-state index contributed by atoms with van der Waals surface area (Å²) in [6, 6.07) is 2.17. The first-order valence-electron chi connectivity index (χ1n) is 10.6. The van der Waals surface area contributed by atoms with Crippen LogP contribution in [0.15, 0.2) is 12.1 Å². The SMILES string of the molecule is O=C(NC1CCOCC1)c1cc(O)n2c(CC3CCC(F)(F)CC3)c(C(F)(F)F)nc2c1. The summed E-state index contributed by atoms with van der Waals surface area (Å²) in [6.07, 6.45) is -4.28. The monoisotopic (exact) mass is 461 g/mol. The van der Waals surface area contributed by atoms with Crippen molar-refractivity contribution in [1.82, 2.24) is 14.7 Å². The molecule has 4 rings (SSSR count). The largest absolute Gasteiger partial charge is 0.494 e. The summed E-state index contributed by atoms with van der Waals surface area (Å²) >= 11 is 0. The van der Waals surface area contributed by atoms with Crippen LogP contribution in [0.2, 0.25) is 0 Å². The van der Waals surface area contributed by atoms with Gasteiger partial charge in [0.05, 0.1) is 5.69 Å². The summed E-state index contributed by atoms with van der Waals surface area (Å²) in [7, 11) is 0. The van der Waals surface area contributed by atoms with Crippen molar-refractivity contribution in [3.63, 3.8) is 0 Å². The van der Waals surface area contributed by atoms with Crippen LogP contribution in [0.5, 0.6) is 5.88 Å². The Morgan fingerprint density at radius 3 is 2.47 bits per heavy atom. The van der Waals surface area contributed by atoms with Gasteiger partial charge in [0.1, 0.15) is 5.65 Å². The Morgan fingerprint density at radius 2 is 1.84 bits per heavy atom. The van der Waals surface area contributed by atoms with E-state index in [0.29, 0.717) is 26.1 Å². The summed E-state index contributed by atoms with van der Waals surface area (Å²) in [5.74, 6) is -4.26. The Kier molecular flexibility index (Phi) is 6.04. The number of fused-ring (bicyclic) bond motifs is 1. The van der Waals surface area contributed by atoms with Gasteiger partial charge in [-0.25, -0.2) is 13.8 Å². The van der Waals surface area contributed by atoms with Crippen molar-refractivity contribution in [2.24, 2.45) is 5.92 Å². The maximum Gasteiger partial charge on any atom is 0.435 e. The van der Waals surface area contributed by atoms with Gasteiger partial charge >= 0.3 is 6.18 Å². The van der Waals surface area contributed by atoms with Crippen LogP contribution < -0.4 is 5.32 Å². The van der Waals surface area contributed by atoms with Crippen molar-refractivity contribution in [2.45, 2.75) is 63.1 Å². The number of hydrogen-bond donors (Lipinski definition) is 2. The number of halogens is 5. The van der Waals surface area contributed by atoms with Gasteiger partial charge in [0, 0.05) is 43.7 Å². The fraction of sp³-hybridized carbons (Fsp3) is 0.619. The summed E-state index contributed by atoms with van der Waals surface area (Å²) in [6.45, 7) is 1.00. The van der Waals surface area contributed by atoms with Gasteiger partial charge in [-0.3, -0.25) is 9.20 Å². The molecule has 0 radical (unpaired) electrons. The van der Waals surface area contributed by atoms with E-state index >= 15 is 0 Å². The molecular formula is C21H24F5N3O3. The third kappa shape index (κ3) is 4.82. The highest BCUT2D eigenvalue weighted by Crippen LogP contribution is 2.40. The number of ether oxygens (including phenoxy) is 1. The molecule has 2 aliphatic rings. The molecule has 0 aromatic carbocycles. The van der Waals surface area contributed by atoms with Gasteiger partial charge in [-0.2, -0.15) is 13.2 Å². The van der Waals surface area contributed by atoms with Crippen molar-refractivity contribution in [3.8, 4) is 5.88 Å². The minimum absolute atomic E-state index is 0.0101.